The van der Waals surface area contributed by atoms with Crippen LogP contribution < -0.4 is 5.32 Å². The van der Waals surface area contributed by atoms with Crippen LogP contribution in [0.2, 0.25) is 0 Å². The van der Waals surface area contributed by atoms with E-state index in [-0.39, 0.29) is 11.9 Å². The zero-order valence-electron chi connectivity index (χ0n) is 10.8. The van der Waals surface area contributed by atoms with E-state index in [0.29, 0.717) is 6.42 Å². The summed E-state index contributed by atoms with van der Waals surface area (Å²) in [4.78, 5) is 23.1. The van der Waals surface area contributed by atoms with Crippen LogP contribution in [0.25, 0.3) is 0 Å². The summed E-state index contributed by atoms with van der Waals surface area (Å²) in [5, 5.41) is 21.6. The fraction of sp³-hybridized carbons (Fsp3) is 0.846. The summed E-state index contributed by atoms with van der Waals surface area (Å²) in [6.07, 6.45) is 2.98. The summed E-state index contributed by atoms with van der Waals surface area (Å²) in [5.41, 5.74) is -0.477. The molecule has 5 heteroatoms. The van der Waals surface area contributed by atoms with Gasteiger partial charge in [0.25, 0.3) is 0 Å². The van der Waals surface area contributed by atoms with Crippen LogP contribution in [0.4, 0.5) is 0 Å². The number of hydrogen-bond acceptors (Lipinski definition) is 3. The first-order valence-electron chi connectivity index (χ1n) is 6.57. The monoisotopic (exact) mass is 255 g/mol. The number of carboxylic acid groups (broad SMARTS) is 1. The van der Waals surface area contributed by atoms with Gasteiger partial charge in [-0.25, -0.2) is 0 Å². The summed E-state index contributed by atoms with van der Waals surface area (Å²) in [5.74, 6) is -2.20. The molecule has 0 aliphatic heterocycles. The molecule has 2 rings (SSSR count). The van der Waals surface area contributed by atoms with Crippen molar-refractivity contribution in [1.82, 2.24) is 5.32 Å². The number of carbonyl (C=O) groups is 2. The molecule has 2 saturated carbocycles. The standard InChI is InChI=1S/C13H21NO4/c1-13(2)9(10(13)12(17)18)11(16)14-7-5-3-4-6-8(7)15/h7-10,15H,3-6H2,1-2H3,(H,14,16)(H,17,18)/t7-,8-,9+,10-/m0/s1. The van der Waals surface area contributed by atoms with Crippen LogP contribution >= 0.6 is 0 Å². The highest BCUT2D eigenvalue weighted by Crippen LogP contribution is 2.58. The second-order valence-electron chi connectivity index (χ2n) is 6.08. The second-order valence-corrected chi connectivity index (χ2v) is 6.08. The average Bonchev–Trinajstić information content (AvgIpc) is 2.85. The molecular weight excluding hydrogens is 234 g/mol. The Morgan fingerprint density at radius 1 is 1.17 bits per heavy atom. The zero-order valence-corrected chi connectivity index (χ0v) is 10.8. The smallest absolute Gasteiger partial charge is 0.307 e. The highest BCUT2D eigenvalue weighted by molar-refractivity contribution is 5.91. The van der Waals surface area contributed by atoms with Crippen molar-refractivity contribution in [3.63, 3.8) is 0 Å². The number of carbonyl (C=O) groups excluding carboxylic acids is 1. The molecule has 0 bridgehead atoms. The number of aliphatic carboxylic acids is 1. The molecule has 0 aromatic rings. The van der Waals surface area contributed by atoms with E-state index in [1.165, 1.54) is 0 Å². The van der Waals surface area contributed by atoms with E-state index >= 15 is 0 Å². The van der Waals surface area contributed by atoms with Crippen molar-refractivity contribution in [2.45, 2.75) is 51.7 Å². The minimum atomic E-state index is -0.913. The molecule has 0 radical (unpaired) electrons. The molecule has 0 saturated heterocycles. The number of amides is 1. The Bertz CT molecular complexity index is 366. The van der Waals surface area contributed by atoms with Gasteiger partial charge >= 0.3 is 5.97 Å². The predicted molar refractivity (Wildman–Crippen MR) is 64.8 cm³/mol. The first-order valence-corrected chi connectivity index (χ1v) is 6.57. The molecule has 102 valence electrons. The minimum Gasteiger partial charge on any atom is -0.481 e. The molecule has 4 atom stereocenters. The van der Waals surface area contributed by atoms with E-state index in [9.17, 15) is 14.7 Å². The lowest BCUT2D eigenvalue weighted by atomic mass is 9.92. The highest BCUT2D eigenvalue weighted by Gasteiger charge is 2.66. The largest absolute Gasteiger partial charge is 0.481 e. The Morgan fingerprint density at radius 2 is 1.78 bits per heavy atom. The molecule has 18 heavy (non-hydrogen) atoms. The topological polar surface area (TPSA) is 86.6 Å². The van der Waals surface area contributed by atoms with Crippen LogP contribution in [0.1, 0.15) is 39.5 Å². The Kier molecular flexibility index (Phi) is 3.36. The van der Waals surface area contributed by atoms with E-state index in [2.05, 4.69) is 5.32 Å². The van der Waals surface area contributed by atoms with Crippen LogP contribution in [-0.4, -0.2) is 34.2 Å². The van der Waals surface area contributed by atoms with Gasteiger partial charge < -0.3 is 15.5 Å². The fourth-order valence-electron chi connectivity index (χ4n) is 3.14. The van der Waals surface area contributed by atoms with Crippen LogP contribution in [0.5, 0.6) is 0 Å². The van der Waals surface area contributed by atoms with E-state index in [0.717, 1.165) is 19.3 Å². The van der Waals surface area contributed by atoms with Crippen LogP contribution in [0, 0.1) is 17.3 Å². The molecule has 0 aromatic carbocycles. The summed E-state index contributed by atoms with van der Waals surface area (Å²) in [6, 6.07) is -0.211. The SMILES string of the molecule is CC1(C)[C@H](C(=O)O)[C@@H]1C(=O)N[C@H]1CCCC[C@@H]1O. The molecule has 0 spiro atoms. The maximum Gasteiger partial charge on any atom is 0.307 e. The maximum atomic E-state index is 12.1. The van der Waals surface area contributed by atoms with Gasteiger partial charge in [-0.2, -0.15) is 0 Å². The predicted octanol–water partition coefficient (Wildman–Crippen LogP) is 0.763. The lowest BCUT2D eigenvalue weighted by Crippen LogP contribution is -2.46. The van der Waals surface area contributed by atoms with Crippen molar-refractivity contribution >= 4 is 11.9 Å². The third kappa shape index (κ3) is 2.23. The third-order valence-electron chi connectivity index (χ3n) is 4.43. The quantitative estimate of drug-likeness (QED) is 0.695. The van der Waals surface area contributed by atoms with Crippen molar-refractivity contribution in [2.24, 2.45) is 17.3 Å². The van der Waals surface area contributed by atoms with Gasteiger partial charge in [0.1, 0.15) is 0 Å². The first kappa shape index (κ1) is 13.3. The zero-order chi connectivity index (χ0) is 13.5. The Morgan fingerprint density at radius 3 is 2.28 bits per heavy atom. The number of rotatable bonds is 3. The van der Waals surface area contributed by atoms with Gasteiger partial charge in [-0.15, -0.1) is 0 Å². The molecule has 0 heterocycles. The second kappa shape index (κ2) is 4.53. The lowest BCUT2D eigenvalue weighted by molar-refractivity contribution is -0.140. The maximum absolute atomic E-state index is 12.1. The molecular formula is C13H21NO4. The Hall–Kier alpha value is -1.10. The first-order chi connectivity index (χ1) is 8.35. The third-order valence-corrected chi connectivity index (χ3v) is 4.43. The van der Waals surface area contributed by atoms with Crippen molar-refractivity contribution in [3.8, 4) is 0 Å². The van der Waals surface area contributed by atoms with Crippen molar-refractivity contribution in [1.29, 1.82) is 0 Å². The van der Waals surface area contributed by atoms with Crippen molar-refractivity contribution < 1.29 is 19.8 Å². The normalized spacial score (nSPS) is 37.9. The van der Waals surface area contributed by atoms with Gasteiger partial charge in [0, 0.05) is 0 Å². The summed E-state index contributed by atoms with van der Waals surface area (Å²) >= 11 is 0. The van der Waals surface area contributed by atoms with E-state index < -0.39 is 29.3 Å². The van der Waals surface area contributed by atoms with Gasteiger partial charge in [-0.05, 0) is 18.3 Å². The Balaban J connectivity index is 1.95. The fourth-order valence-corrected chi connectivity index (χ4v) is 3.14. The van der Waals surface area contributed by atoms with Gasteiger partial charge in [0.05, 0.1) is 24.0 Å². The minimum absolute atomic E-state index is 0.211. The molecule has 0 aromatic heterocycles. The highest BCUT2D eigenvalue weighted by atomic mass is 16.4. The number of aliphatic hydroxyl groups is 1. The average molecular weight is 255 g/mol. The Labute approximate surface area is 107 Å². The van der Waals surface area contributed by atoms with Crippen LogP contribution in [0.3, 0.4) is 0 Å². The molecule has 1 amide bonds. The van der Waals surface area contributed by atoms with Crippen molar-refractivity contribution in [2.75, 3.05) is 0 Å². The van der Waals surface area contributed by atoms with Gasteiger partial charge in [-0.3, -0.25) is 9.59 Å². The van der Waals surface area contributed by atoms with Crippen LogP contribution in [-0.2, 0) is 9.59 Å². The lowest BCUT2D eigenvalue weighted by Gasteiger charge is -2.28. The molecule has 2 fully saturated rings. The molecule has 3 N–H and O–H groups in total. The van der Waals surface area contributed by atoms with Crippen molar-refractivity contribution in [3.05, 3.63) is 0 Å². The van der Waals surface area contributed by atoms with Crippen LogP contribution in [0.15, 0.2) is 0 Å². The van der Waals surface area contributed by atoms with Gasteiger partial charge in [0.2, 0.25) is 5.91 Å². The van der Waals surface area contributed by atoms with Gasteiger partial charge in [-0.1, -0.05) is 26.7 Å². The number of hydrogen-bond donors (Lipinski definition) is 3. The molecule has 5 nitrogen and oxygen atoms in total. The number of carboxylic acids is 1. The molecule has 2 aliphatic carbocycles. The van der Waals surface area contributed by atoms with E-state index in [1.54, 1.807) is 13.8 Å². The van der Waals surface area contributed by atoms with E-state index in [1.807, 2.05) is 0 Å². The molecule has 2 aliphatic rings. The van der Waals surface area contributed by atoms with E-state index in [4.69, 9.17) is 5.11 Å². The summed E-state index contributed by atoms with van der Waals surface area (Å²) < 4.78 is 0. The summed E-state index contributed by atoms with van der Waals surface area (Å²) in [7, 11) is 0. The number of aliphatic hydroxyl groups excluding tert-OH is 1. The number of nitrogens with one attached hydrogen (secondary N) is 1. The van der Waals surface area contributed by atoms with Gasteiger partial charge in [0.15, 0.2) is 0 Å². The summed E-state index contributed by atoms with van der Waals surface area (Å²) in [6.45, 7) is 3.60. The molecule has 0 unspecified atom stereocenters.